The fourth-order valence-corrected chi connectivity index (χ4v) is 6.67. The third kappa shape index (κ3) is 50.8. The van der Waals surface area contributed by atoms with Crippen LogP contribution in [0.1, 0.15) is 305 Å². The molecule has 0 aromatic carbocycles. The molecule has 0 amide bonds. The van der Waals surface area contributed by atoms with Crippen LogP contribution in [-0.4, -0.2) is 73.7 Å². The van der Waals surface area contributed by atoms with Gasteiger partial charge in [0, 0.05) is 103 Å². The molecule has 0 saturated heterocycles. The molecule has 89 heavy (non-hydrogen) atoms. The van der Waals surface area contributed by atoms with Crippen LogP contribution in [0.15, 0.2) is 126 Å². The molecule has 0 saturated carbocycles. The van der Waals surface area contributed by atoms with Crippen molar-refractivity contribution in [2.75, 3.05) is 0 Å². The number of imidazole rings is 1. The van der Waals surface area contributed by atoms with Gasteiger partial charge in [-0.25, -0.2) is 24.9 Å². The van der Waals surface area contributed by atoms with Crippen molar-refractivity contribution in [3.63, 3.8) is 0 Å². The summed E-state index contributed by atoms with van der Waals surface area (Å²) >= 11 is 3.29. The molecule has 0 N–H and O–H groups in total. The van der Waals surface area contributed by atoms with Gasteiger partial charge >= 0.3 is 0 Å². The topological polar surface area (TPSA) is 200 Å². The van der Waals surface area contributed by atoms with Crippen LogP contribution in [0.4, 0.5) is 0 Å². The minimum Gasteiger partial charge on any atom is -0.448 e. The van der Waals surface area contributed by atoms with Gasteiger partial charge in [0.2, 0.25) is 18.0 Å². The number of pyridine rings is 1. The normalized spacial score (nSPS) is 9.42. The highest BCUT2D eigenvalue weighted by Gasteiger charge is 2.08. The zero-order chi connectivity index (χ0) is 69.9. The number of aryl methyl sites for hydroxylation is 3. The van der Waals surface area contributed by atoms with E-state index >= 15 is 0 Å². The maximum Gasteiger partial charge on any atom is 0.219 e. The number of nitrogens with zero attached hydrogens (tertiary/aromatic N) is 16. The molecule has 9 heterocycles. The van der Waals surface area contributed by atoms with Gasteiger partial charge in [0.15, 0.2) is 13.4 Å². The standard InChI is InChI=1S/C8H11N.C7H12N2.C7H10N2.C6H10N2O.C6H11N2S.C6H10N2.C6H9NO.C6H9NS.C5H9N3.6C2H6/c1-7(2)8-3-5-9-6-4-8;1-6(2)7-4-8-9(3)5-7;1-6(2)7-3-4-8-5-9-7;1-4(2)6-8-7-5(3)9-6;1-5(2)6-4-8(3)7-9-6;1-6(2)8-4-3-7-5-8;2*1-5(2)6-3-7-4-8-6;1-5(2)8-4-6-3-7-8;6*1-2/h3-7H,1-2H3;4-6H,1-3H3;3-6H,1-2H3;4H,1-3H3;4-5H,1-3H3;3-6H,1-2H3;3*3-5H,1-2H3;6*1-2H3/q;;;;+1;;;;;;;;;;. The lowest BCUT2D eigenvalue weighted by atomic mass is 10.1. The Kier molecular flexibility index (Phi) is 66.1. The maximum absolute atomic E-state index is 5.12. The first kappa shape index (κ1) is 93.5. The molecule has 0 fully saturated rings. The van der Waals surface area contributed by atoms with Crippen LogP contribution in [0.5, 0.6) is 0 Å². The van der Waals surface area contributed by atoms with Crippen molar-refractivity contribution in [2.24, 2.45) is 14.1 Å². The summed E-state index contributed by atoms with van der Waals surface area (Å²) in [4.78, 5) is 30.0. The lowest BCUT2D eigenvalue weighted by Crippen LogP contribution is -2.27. The van der Waals surface area contributed by atoms with Crippen molar-refractivity contribution in [1.29, 1.82) is 0 Å². The number of hydrogen-bond donors (Lipinski definition) is 0. The Morgan fingerprint density at radius 2 is 1.08 bits per heavy atom. The summed E-state index contributed by atoms with van der Waals surface area (Å²) in [6.07, 6.45) is 27.0. The van der Waals surface area contributed by atoms with Crippen molar-refractivity contribution in [3.8, 4) is 0 Å². The van der Waals surface area contributed by atoms with Crippen LogP contribution in [0.3, 0.4) is 0 Å². The average molecular weight is 1280 g/mol. The van der Waals surface area contributed by atoms with Gasteiger partial charge in [-0.1, -0.05) is 185 Å². The lowest BCUT2D eigenvalue weighted by molar-refractivity contribution is -0.723. The number of thiazole rings is 1. The van der Waals surface area contributed by atoms with E-state index in [1.807, 2.05) is 188 Å². The van der Waals surface area contributed by atoms with Crippen molar-refractivity contribution in [2.45, 2.75) is 268 Å². The smallest absolute Gasteiger partial charge is 0.219 e. The summed E-state index contributed by atoms with van der Waals surface area (Å²) in [6, 6.07) is 7.00. The van der Waals surface area contributed by atoms with Crippen molar-refractivity contribution < 1.29 is 13.5 Å². The summed E-state index contributed by atoms with van der Waals surface area (Å²) in [5, 5.41) is 15.5. The van der Waals surface area contributed by atoms with E-state index in [4.69, 9.17) is 8.83 Å². The van der Waals surface area contributed by atoms with E-state index in [0.29, 0.717) is 65.3 Å². The van der Waals surface area contributed by atoms with Gasteiger partial charge in [-0.05, 0) is 86.6 Å². The maximum atomic E-state index is 5.12. The van der Waals surface area contributed by atoms with E-state index in [1.54, 1.807) is 72.0 Å². The molecular weight excluding hydrogens is 1150 g/mol. The minimum atomic E-state index is 0.339. The molecule has 506 valence electrons. The first-order valence-corrected chi connectivity index (χ1v) is 33.9. The second kappa shape index (κ2) is 62.9. The Balaban J connectivity index is -0.000000213. The second-order valence-electron chi connectivity index (χ2n) is 20.3. The Morgan fingerprint density at radius 3 is 1.30 bits per heavy atom. The molecule has 9 rings (SSSR count). The molecule has 0 aliphatic carbocycles. The predicted octanol–water partition coefficient (Wildman–Crippen LogP) is 20.5. The quantitative estimate of drug-likeness (QED) is 0.124. The van der Waals surface area contributed by atoms with Crippen LogP contribution in [0, 0.1) is 6.92 Å². The van der Waals surface area contributed by atoms with E-state index in [0.717, 1.165) is 11.5 Å². The second-order valence-corrected chi connectivity index (χ2v) is 22.0. The average Bonchev–Trinajstić information content (AvgIpc) is 4.45. The van der Waals surface area contributed by atoms with Crippen LogP contribution in [0.25, 0.3) is 0 Å². The zero-order valence-corrected chi connectivity index (χ0v) is 63.6. The van der Waals surface area contributed by atoms with Crippen LogP contribution < -0.4 is 4.68 Å². The summed E-state index contributed by atoms with van der Waals surface area (Å²) in [5.41, 5.74) is 5.63. The number of oxazole rings is 1. The third-order valence-corrected chi connectivity index (χ3v) is 12.5. The highest BCUT2D eigenvalue weighted by Crippen LogP contribution is 2.18. The molecule has 0 bridgehead atoms. The van der Waals surface area contributed by atoms with Gasteiger partial charge in [-0.3, -0.25) is 19.3 Å². The van der Waals surface area contributed by atoms with Crippen LogP contribution >= 0.6 is 22.9 Å². The monoisotopic (exact) mass is 1280 g/mol. The molecule has 0 spiro atoms. The molecular formula is C69H127N16O2S2+. The van der Waals surface area contributed by atoms with Gasteiger partial charge in [0.25, 0.3) is 0 Å². The summed E-state index contributed by atoms with van der Waals surface area (Å²) < 4.78 is 21.7. The first-order valence-electron chi connectivity index (χ1n) is 32.3. The minimum absolute atomic E-state index is 0.339. The number of rotatable bonds is 9. The molecule has 9 aromatic rings. The SMILES string of the molecule is CC.CC.CC.CC.CC.CC.CC(C)c1c[n+](C)ns1.CC(C)c1ccncc1.CC(C)c1ccncn1.CC(C)c1cnco1.CC(C)c1cncs1.CC(C)c1cnn(C)c1.CC(C)n1ccnc1.CC(C)n1cncn1.Cc1nnc(C(C)C)o1. The van der Waals surface area contributed by atoms with E-state index in [-0.39, 0.29) is 0 Å². The van der Waals surface area contributed by atoms with Crippen LogP contribution in [-0.2, 0) is 14.1 Å². The van der Waals surface area contributed by atoms with Gasteiger partial charge in [0.05, 0.1) is 33.6 Å². The Bertz CT molecular complexity index is 2380. The van der Waals surface area contributed by atoms with Crippen molar-refractivity contribution in [1.82, 2.24) is 73.7 Å². The summed E-state index contributed by atoms with van der Waals surface area (Å²) in [7, 11) is 3.88. The molecule has 0 aliphatic heterocycles. The van der Waals surface area contributed by atoms with Gasteiger partial charge < -0.3 is 13.4 Å². The van der Waals surface area contributed by atoms with E-state index < -0.39 is 0 Å². The van der Waals surface area contributed by atoms with Gasteiger partial charge in [-0.15, -0.1) is 21.5 Å². The lowest BCUT2D eigenvalue weighted by Gasteiger charge is -2.02. The van der Waals surface area contributed by atoms with Gasteiger partial charge in [0.1, 0.15) is 24.7 Å². The predicted molar refractivity (Wildman–Crippen MR) is 380 cm³/mol. The Hall–Kier alpha value is -6.67. The Labute approximate surface area is 551 Å². The van der Waals surface area contributed by atoms with E-state index in [9.17, 15) is 0 Å². The summed E-state index contributed by atoms with van der Waals surface area (Å²) in [6.45, 7) is 64.0. The highest BCUT2D eigenvalue weighted by molar-refractivity contribution is 7.09. The number of hydrogen-bond acceptors (Lipinski definition) is 16. The largest absolute Gasteiger partial charge is 0.448 e. The van der Waals surface area contributed by atoms with E-state index in [1.165, 1.54) is 27.3 Å². The van der Waals surface area contributed by atoms with Crippen molar-refractivity contribution >= 4 is 22.9 Å². The highest BCUT2D eigenvalue weighted by atomic mass is 32.1. The molecule has 20 heteroatoms. The van der Waals surface area contributed by atoms with Crippen molar-refractivity contribution in [3.05, 3.63) is 161 Å². The molecule has 0 radical (unpaired) electrons. The third-order valence-electron chi connectivity index (χ3n) is 10.3. The molecule has 0 aliphatic rings. The fourth-order valence-electron chi connectivity index (χ4n) is 5.35. The molecule has 9 aromatic heterocycles. The summed E-state index contributed by atoms with van der Waals surface area (Å²) in [5.74, 6) is 6.07. The Morgan fingerprint density at radius 1 is 0.506 bits per heavy atom. The molecule has 0 unspecified atom stereocenters. The molecule has 18 nitrogen and oxygen atoms in total. The zero-order valence-electron chi connectivity index (χ0n) is 62.0. The van der Waals surface area contributed by atoms with E-state index in [2.05, 4.69) is 181 Å². The number of aromatic nitrogens is 16. The van der Waals surface area contributed by atoms with Gasteiger partial charge in [-0.2, -0.15) is 10.2 Å². The fraction of sp³-hybridized carbons (Fsp3) is 0.609. The molecule has 0 atom stereocenters. The first-order chi connectivity index (χ1) is 42.4. The van der Waals surface area contributed by atoms with Crippen LogP contribution in [0.2, 0.25) is 0 Å².